The van der Waals surface area contributed by atoms with Crippen molar-refractivity contribution < 1.29 is 4.74 Å². The topological polar surface area (TPSA) is 52.0 Å². The normalized spacial score (nSPS) is 12.4. The Kier molecular flexibility index (Phi) is 4.52. The van der Waals surface area contributed by atoms with Crippen LogP contribution in [0, 0.1) is 6.92 Å². The lowest BCUT2D eigenvalue weighted by molar-refractivity contribution is 0.141. The first-order valence-corrected chi connectivity index (χ1v) is 6.52. The molecule has 1 unspecified atom stereocenters. The molecule has 1 N–H and O–H groups in total. The summed E-state index contributed by atoms with van der Waals surface area (Å²) in [5.74, 6) is 1.78. The van der Waals surface area contributed by atoms with Crippen LogP contribution in [0.4, 0.5) is 5.69 Å². The van der Waals surface area contributed by atoms with Gasteiger partial charge in [-0.3, -0.25) is 4.57 Å². The second kappa shape index (κ2) is 6.33. The van der Waals surface area contributed by atoms with Crippen molar-refractivity contribution in [1.29, 1.82) is 0 Å². The first-order chi connectivity index (χ1) is 9.22. The fourth-order valence-corrected chi connectivity index (χ4v) is 1.91. The fourth-order valence-electron chi connectivity index (χ4n) is 1.91. The van der Waals surface area contributed by atoms with Crippen molar-refractivity contribution >= 4 is 5.69 Å². The average molecular weight is 260 g/mol. The van der Waals surface area contributed by atoms with E-state index in [-0.39, 0.29) is 6.04 Å². The summed E-state index contributed by atoms with van der Waals surface area (Å²) in [6, 6.07) is 4.17. The third-order valence-corrected chi connectivity index (χ3v) is 2.81. The lowest BCUT2D eigenvalue weighted by atomic mass is 10.3. The number of hydrogen-bond donors (Lipinski definition) is 1. The molecular formula is C14H20N4O. The molecule has 0 aliphatic carbocycles. The molecule has 0 aliphatic rings. The molecule has 1 atom stereocenters. The van der Waals surface area contributed by atoms with Crippen LogP contribution < -0.4 is 5.32 Å². The highest BCUT2D eigenvalue weighted by Crippen LogP contribution is 2.19. The zero-order chi connectivity index (χ0) is 13.7. The summed E-state index contributed by atoms with van der Waals surface area (Å²) in [6.45, 7) is 7.45. The van der Waals surface area contributed by atoms with Gasteiger partial charge in [-0.1, -0.05) is 0 Å². The van der Waals surface area contributed by atoms with Crippen LogP contribution in [0.1, 0.15) is 19.7 Å². The monoisotopic (exact) mass is 260 g/mol. The van der Waals surface area contributed by atoms with Crippen molar-refractivity contribution in [1.82, 2.24) is 14.5 Å². The van der Waals surface area contributed by atoms with E-state index in [0.29, 0.717) is 6.61 Å². The van der Waals surface area contributed by atoms with E-state index in [2.05, 4.69) is 22.2 Å². The molecule has 0 bridgehead atoms. The molecule has 0 saturated carbocycles. The van der Waals surface area contributed by atoms with Gasteiger partial charge in [-0.25, -0.2) is 9.97 Å². The standard InChI is InChI=1S/C14H20N4O/c1-4-19-10-11(2)17-13-6-5-7-16-14(13)18-9-8-15-12(18)3/h5-9,11,17H,4,10H2,1-3H3. The Hall–Kier alpha value is -1.88. The summed E-state index contributed by atoms with van der Waals surface area (Å²) >= 11 is 0. The van der Waals surface area contributed by atoms with E-state index in [1.54, 1.807) is 12.4 Å². The van der Waals surface area contributed by atoms with Crippen molar-refractivity contribution in [3.05, 3.63) is 36.5 Å². The Balaban J connectivity index is 2.20. The highest BCUT2D eigenvalue weighted by Gasteiger charge is 2.10. The largest absolute Gasteiger partial charge is 0.380 e. The third kappa shape index (κ3) is 3.32. The molecule has 2 aromatic heterocycles. The van der Waals surface area contributed by atoms with Gasteiger partial charge in [0.2, 0.25) is 0 Å². The molecule has 0 radical (unpaired) electrons. The summed E-state index contributed by atoms with van der Waals surface area (Å²) < 4.78 is 7.39. The highest BCUT2D eigenvalue weighted by molar-refractivity contribution is 5.57. The van der Waals surface area contributed by atoms with Crippen molar-refractivity contribution in [3.8, 4) is 5.82 Å². The van der Waals surface area contributed by atoms with Gasteiger partial charge in [0.1, 0.15) is 5.82 Å². The van der Waals surface area contributed by atoms with E-state index in [9.17, 15) is 0 Å². The maximum absolute atomic E-state index is 5.42. The maximum atomic E-state index is 5.42. The van der Waals surface area contributed by atoms with Crippen molar-refractivity contribution in [2.45, 2.75) is 26.8 Å². The van der Waals surface area contributed by atoms with Crippen LogP contribution in [-0.2, 0) is 4.74 Å². The Labute approximate surface area is 113 Å². The van der Waals surface area contributed by atoms with Crippen LogP contribution in [0.2, 0.25) is 0 Å². The average Bonchev–Trinajstić information content (AvgIpc) is 2.83. The summed E-state index contributed by atoms with van der Waals surface area (Å²) in [4.78, 5) is 8.67. The number of pyridine rings is 1. The van der Waals surface area contributed by atoms with E-state index in [1.165, 1.54) is 0 Å². The second-order valence-corrected chi connectivity index (χ2v) is 4.42. The minimum absolute atomic E-state index is 0.228. The molecule has 0 aromatic carbocycles. The zero-order valence-electron chi connectivity index (χ0n) is 11.6. The molecule has 102 valence electrons. The van der Waals surface area contributed by atoms with E-state index in [1.807, 2.05) is 36.7 Å². The number of nitrogens with zero attached hydrogens (tertiary/aromatic N) is 3. The molecule has 2 aromatic rings. The van der Waals surface area contributed by atoms with Gasteiger partial charge in [0, 0.05) is 31.2 Å². The lowest BCUT2D eigenvalue weighted by Gasteiger charge is -2.17. The van der Waals surface area contributed by atoms with E-state index >= 15 is 0 Å². The Morgan fingerprint density at radius 1 is 1.37 bits per heavy atom. The summed E-state index contributed by atoms with van der Waals surface area (Å²) in [6.07, 6.45) is 5.47. The Morgan fingerprint density at radius 3 is 2.89 bits per heavy atom. The minimum atomic E-state index is 0.228. The first kappa shape index (κ1) is 13.5. The molecule has 0 aliphatic heterocycles. The molecular weight excluding hydrogens is 240 g/mol. The van der Waals surface area contributed by atoms with Gasteiger partial charge < -0.3 is 10.1 Å². The molecule has 2 heterocycles. The number of anilines is 1. The fraction of sp³-hybridized carbons (Fsp3) is 0.429. The number of imidazole rings is 1. The van der Waals surface area contributed by atoms with Crippen LogP contribution in [0.25, 0.3) is 5.82 Å². The van der Waals surface area contributed by atoms with Gasteiger partial charge in [0.05, 0.1) is 12.3 Å². The van der Waals surface area contributed by atoms with Crippen molar-refractivity contribution in [2.24, 2.45) is 0 Å². The van der Waals surface area contributed by atoms with E-state index in [4.69, 9.17) is 4.74 Å². The van der Waals surface area contributed by atoms with E-state index < -0.39 is 0 Å². The highest BCUT2D eigenvalue weighted by atomic mass is 16.5. The molecule has 19 heavy (non-hydrogen) atoms. The van der Waals surface area contributed by atoms with Crippen LogP contribution in [0.3, 0.4) is 0 Å². The zero-order valence-corrected chi connectivity index (χ0v) is 11.6. The quantitative estimate of drug-likeness (QED) is 0.866. The number of aromatic nitrogens is 3. The van der Waals surface area contributed by atoms with Crippen molar-refractivity contribution in [3.63, 3.8) is 0 Å². The predicted molar refractivity (Wildman–Crippen MR) is 75.7 cm³/mol. The van der Waals surface area contributed by atoms with Gasteiger partial charge in [-0.15, -0.1) is 0 Å². The third-order valence-electron chi connectivity index (χ3n) is 2.81. The predicted octanol–water partition coefficient (Wildman–Crippen LogP) is 2.41. The van der Waals surface area contributed by atoms with Crippen LogP contribution in [0.5, 0.6) is 0 Å². The SMILES string of the molecule is CCOCC(C)Nc1cccnc1-n1ccnc1C. The van der Waals surface area contributed by atoms with Gasteiger partial charge in [0.15, 0.2) is 5.82 Å². The summed E-state index contributed by atoms with van der Waals surface area (Å²) in [5, 5.41) is 3.42. The van der Waals surface area contributed by atoms with Gasteiger partial charge in [-0.05, 0) is 32.9 Å². The maximum Gasteiger partial charge on any atom is 0.161 e. The van der Waals surface area contributed by atoms with Crippen LogP contribution in [0.15, 0.2) is 30.7 Å². The number of ether oxygens (including phenoxy) is 1. The minimum Gasteiger partial charge on any atom is -0.380 e. The molecule has 0 spiro atoms. The molecule has 0 fully saturated rings. The first-order valence-electron chi connectivity index (χ1n) is 6.52. The Morgan fingerprint density at radius 2 is 2.21 bits per heavy atom. The number of nitrogens with one attached hydrogen (secondary N) is 1. The molecule has 5 heteroatoms. The Bertz CT molecular complexity index is 524. The molecule has 2 rings (SSSR count). The number of aryl methyl sites for hydroxylation is 1. The van der Waals surface area contributed by atoms with Crippen LogP contribution >= 0.6 is 0 Å². The van der Waals surface area contributed by atoms with Gasteiger partial charge >= 0.3 is 0 Å². The van der Waals surface area contributed by atoms with Gasteiger partial charge in [0.25, 0.3) is 0 Å². The summed E-state index contributed by atoms with van der Waals surface area (Å²) in [7, 11) is 0. The lowest BCUT2D eigenvalue weighted by Crippen LogP contribution is -2.22. The smallest absolute Gasteiger partial charge is 0.161 e. The van der Waals surface area contributed by atoms with Crippen molar-refractivity contribution in [2.75, 3.05) is 18.5 Å². The molecule has 0 amide bonds. The number of rotatable bonds is 6. The summed E-state index contributed by atoms with van der Waals surface area (Å²) in [5.41, 5.74) is 0.982. The molecule has 5 nitrogen and oxygen atoms in total. The van der Waals surface area contributed by atoms with Gasteiger partial charge in [-0.2, -0.15) is 0 Å². The number of hydrogen-bond acceptors (Lipinski definition) is 4. The molecule has 0 saturated heterocycles. The second-order valence-electron chi connectivity index (χ2n) is 4.42. The van der Waals surface area contributed by atoms with Crippen LogP contribution in [-0.4, -0.2) is 33.8 Å². The van der Waals surface area contributed by atoms with E-state index in [0.717, 1.165) is 23.9 Å².